The van der Waals surface area contributed by atoms with Gasteiger partial charge in [-0.05, 0) is 32.8 Å². The Bertz CT molecular complexity index is 983. The fourth-order valence-corrected chi connectivity index (χ4v) is 4.95. The van der Waals surface area contributed by atoms with Gasteiger partial charge in [0.25, 0.3) is 0 Å². The highest BCUT2D eigenvalue weighted by molar-refractivity contribution is 7.89. The molecule has 164 valence electrons. The van der Waals surface area contributed by atoms with Crippen molar-refractivity contribution < 1.29 is 8.42 Å². The zero-order chi connectivity index (χ0) is 21.9. The number of anilines is 1. The van der Waals surface area contributed by atoms with Gasteiger partial charge in [-0.25, -0.2) is 18.4 Å². The molecule has 7 heteroatoms. The van der Waals surface area contributed by atoms with E-state index >= 15 is 0 Å². The van der Waals surface area contributed by atoms with E-state index in [1.54, 1.807) is 11.2 Å². The summed E-state index contributed by atoms with van der Waals surface area (Å²) in [7, 11) is -3.15. The number of aromatic nitrogens is 2. The first kappa shape index (κ1) is 22.7. The summed E-state index contributed by atoms with van der Waals surface area (Å²) < 4.78 is 26.1. The molecule has 2 heterocycles. The van der Waals surface area contributed by atoms with E-state index in [2.05, 4.69) is 56.9 Å². The summed E-state index contributed by atoms with van der Waals surface area (Å²) >= 11 is 0. The van der Waals surface area contributed by atoms with Gasteiger partial charge in [-0.3, -0.25) is 0 Å². The molecule has 1 saturated heterocycles. The van der Waals surface area contributed by atoms with Gasteiger partial charge in [0, 0.05) is 49.8 Å². The molecule has 0 saturated carbocycles. The number of nitrogens with zero attached hydrogens (tertiary/aromatic N) is 4. The van der Waals surface area contributed by atoms with E-state index in [4.69, 9.17) is 9.97 Å². The summed E-state index contributed by atoms with van der Waals surface area (Å²) in [6, 6.07) is 8.54. The number of piperazine rings is 1. The molecule has 0 aliphatic carbocycles. The van der Waals surface area contributed by atoms with E-state index in [0.29, 0.717) is 26.2 Å². The van der Waals surface area contributed by atoms with Gasteiger partial charge < -0.3 is 4.90 Å². The number of aryl methyl sites for hydroxylation is 2. The van der Waals surface area contributed by atoms with E-state index in [9.17, 15) is 8.42 Å². The average molecular weight is 431 g/mol. The van der Waals surface area contributed by atoms with Crippen LogP contribution in [0.1, 0.15) is 61.3 Å². The van der Waals surface area contributed by atoms with E-state index in [1.165, 1.54) is 11.1 Å². The van der Waals surface area contributed by atoms with Crippen molar-refractivity contribution in [3.8, 4) is 0 Å². The Morgan fingerprint density at radius 2 is 1.77 bits per heavy atom. The first-order chi connectivity index (χ1) is 14.2. The quantitative estimate of drug-likeness (QED) is 0.670. The molecular formula is C23H34N4O2S. The highest BCUT2D eigenvalue weighted by Crippen LogP contribution is 2.28. The maximum atomic E-state index is 12.3. The third kappa shape index (κ3) is 5.01. The average Bonchev–Trinajstić information content (AvgIpc) is 2.74. The van der Waals surface area contributed by atoms with Gasteiger partial charge in [-0.1, -0.05) is 43.7 Å². The minimum Gasteiger partial charge on any atom is -0.354 e. The highest BCUT2D eigenvalue weighted by atomic mass is 32.2. The van der Waals surface area contributed by atoms with Crippen molar-refractivity contribution in [2.45, 2.75) is 53.4 Å². The number of benzene rings is 1. The van der Waals surface area contributed by atoms with E-state index in [1.807, 2.05) is 0 Å². The molecule has 1 atom stereocenters. The molecule has 0 bridgehead atoms. The lowest BCUT2D eigenvalue weighted by Gasteiger charge is -2.36. The molecule has 30 heavy (non-hydrogen) atoms. The van der Waals surface area contributed by atoms with Crippen molar-refractivity contribution >= 4 is 15.8 Å². The van der Waals surface area contributed by atoms with E-state index in [-0.39, 0.29) is 11.7 Å². The van der Waals surface area contributed by atoms with Crippen molar-refractivity contribution in [3.63, 3.8) is 0 Å². The van der Waals surface area contributed by atoms with Gasteiger partial charge in [0.05, 0.1) is 5.75 Å². The van der Waals surface area contributed by atoms with Crippen LogP contribution in [0.5, 0.6) is 0 Å². The largest absolute Gasteiger partial charge is 0.354 e. The second kappa shape index (κ2) is 9.43. The molecule has 1 aromatic carbocycles. The molecule has 1 aromatic heterocycles. The maximum Gasteiger partial charge on any atom is 0.213 e. The normalized spacial score (nSPS) is 16.6. The summed E-state index contributed by atoms with van der Waals surface area (Å²) in [6.07, 6.45) is 1.76. The van der Waals surface area contributed by atoms with Crippen molar-refractivity contribution in [1.82, 2.24) is 14.3 Å². The summed E-state index contributed by atoms with van der Waals surface area (Å²) in [5.41, 5.74) is 4.63. The van der Waals surface area contributed by atoms with Crippen LogP contribution in [0.4, 0.5) is 5.82 Å². The Balaban J connectivity index is 1.95. The van der Waals surface area contributed by atoms with Crippen LogP contribution in [0.25, 0.3) is 0 Å². The molecule has 3 rings (SSSR count). The first-order valence-electron chi connectivity index (χ1n) is 10.9. The standard InChI is InChI=1S/C23H34N4O2S/c1-6-18(4)22-24-19(5)21(16-20-10-8-9-17(3)15-20)23(25-22)26-11-13-27(14-12-26)30(28,29)7-2/h8-10,15,18H,6-7,11-14,16H2,1-5H3. The van der Waals surface area contributed by atoms with Crippen LogP contribution in [-0.2, 0) is 16.4 Å². The Morgan fingerprint density at radius 1 is 1.07 bits per heavy atom. The summed E-state index contributed by atoms with van der Waals surface area (Å²) in [6.45, 7) is 12.5. The van der Waals surface area contributed by atoms with Gasteiger partial charge >= 0.3 is 0 Å². The van der Waals surface area contributed by atoms with Crippen molar-refractivity contribution in [2.24, 2.45) is 0 Å². The lowest BCUT2D eigenvalue weighted by Crippen LogP contribution is -2.49. The molecule has 1 unspecified atom stereocenters. The van der Waals surface area contributed by atoms with Crippen molar-refractivity contribution in [2.75, 3.05) is 36.8 Å². The third-order valence-electron chi connectivity index (χ3n) is 6.02. The molecule has 1 aliphatic heterocycles. The van der Waals surface area contributed by atoms with Crippen LogP contribution in [0.15, 0.2) is 24.3 Å². The zero-order valence-electron chi connectivity index (χ0n) is 18.9. The van der Waals surface area contributed by atoms with Crippen LogP contribution in [0, 0.1) is 13.8 Å². The molecule has 0 radical (unpaired) electrons. The fourth-order valence-electron chi connectivity index (χ4n) is 3.86. The summed E-state index contributed by atoms with van der Waals surface area (Å²) in [5, 5.41) is 0. The number of hydrogen-bond donors (Lipinski definition) is 0. The van der Waals surface area contributed by atoms with Crippen LogP contribution >= 0.6 is 0 Å². The van der Waals surface area contributed by atoms with Crippen LogP contribution in [0.2, 0.25) is 0 Å². The topological polar surface area (TPSA) is 66.4 Å². The SMILES string of the molecule is CCC(C)c1nc(C)c(Cc2cccc(C)c2)c(N2CCN(S(=O)(=O)CC)CC2)n1. The molecular weight excluding hydrogens is 396 g/mol. The lowest BCUT2D eigenvalue weighted by atomic mass is 10.0. The first-order valence-corrected chi connectivity index (χ1v) is 12.5. The second-order valence-corrected chi connectivity index (χ2v) is 10.5. The number of rotatable bonds is 7. The van der Waals surface area contributed by atoms with E-state index in [0.717, 1.165) is 35.7 Å². The highest BCUT2D eigenvalue weighted by Gasteiger charge is 2.28. The maximum absolute atomic E-state index is 12.3. The fraction of sp³-hybridized carbons (Fsp3) is 0.565. The predicted octanol–water partition coefficient (Wildman–Crippen LogP) is 3.67. The Labute approximate surface area is 181 Å². The Hall–Kier alpha value is -1.99. The molecule has 1 aliphatic rings. The van der Waals surface area contributed by atoms with E-state index < -0.39 is 10.0 Å². The molecule has 6 nitrogen and oxygen atoms in total. The third-order valence-corrected chi connectivity index (χ3v) is 7.90. The Kier molecular flexibility index (Phi) is 7.14. The molecule has 0 N–H and O–H groups in total. The number of sulfonamides is 1. The van der Waals surface area contributed by atoms with Crippen LogP contribution in [-0.4, -0.2) is 54.6 Å². The summed E-state index contributed by atoms with van der Waals surface area (Å²) in [4.78, 5) is 12.1. The molecule has 0 spiro atoms. The molecule has 1 fully saturated rings. The predicted molar refractivity (Wildman–Crippen MR) is 123 cm³/mol. The molecule has 2 aromatic rings. The van der Waals surface area contributed by atoms with Crippen LogP contribution < -0.4 is 4.90 Å². The van der Waals surface area contributed by atoms with Gasteiger partial charge in [0.1, 0.15) is 11.6 Å². The smallest absolute Gasteiger partial charge is 0.213 e. The molecule has 0 amide bonds. The van der Waals surface area contributed by atoms with Crippen molar-refractivity contribution in [3.05, 3.63) is 52.5 Å². The number of hydrogen-bond acceptors (Lipinski definition) is 5. The van der Waals surface area contributed by atoms with Gasteiger partial charge in [-0.2, -0.15) is 4.31 Å². The van der Waals surface area contributed by atoms with Crippen molar-refractivity contribution in [1.29, 1.82) is 0 Å². The minimum absolute atomic E-state index is 0.149. The van der Waals surface area contributed by atoms with Crippen LogP contribution in [0.3, 0.4) is 0 Å². The Morgan fingerprint density at radius 3 is 2.37 bits per heavy atom. The lowest BCUT2D eigenvalue weighted by molar-refractivity contribution is 0.384. The summed E-state index contributed by atoms with van der Waals surface area (Å²) in [5.74, 6) is 2.28. The van der Waals surface area contributed by atoms with Gasteiger partial charge in [-0.15, -0.1) is 0 Å². The minimum atomic E-state index is -3.15. The second-order valence-electron chi connectivity index (χ2n) is 8.23. The van der Waals surface area contributed by atoms with Gasteiger partial charge in [0.2, 0.25) is 10.0 Å². The monoisotopic (exact) mass is 430 g/mol. The van der Waals surface area contributed by atoms with Gasteiger partial charge in [0.15, 0.2) is 0 Å². The zero-order valence-corrected chi connectivity index (χ0v) is 19.7.